The van der Waals surface area contributed by atoms with E-state index in [1.54, 1.807) is 22.7 Å². The lowest BCUT2D eigenvalue weighted by molar-refractivity contribution is -0.119. The van der Waals surface area contributed by atoms with Gasteiger partial charge in [0, 0.05) is 10.9 Å². The first-order valence-electron chi connectivity index (χ1n) is 9.79. The molecule has 1 fully saturated rings. The van der Waals surface area contributed by atoms with Crippen LogP contribution in [0.4, 0.5) is 0 Å². The van der Waals surface area contributed by atoms with Gasteiger partial charge in [-0.25, -0.2) is 0 Å². The smallest absolute Gasteiger partial charge is 0.231 e. The van der Waals surface area contributed by atoms with Gasteiger partial charge in [-0.3, -0.25) is 9.36 Å². The van der Waals surface area contributed by atoms with E-state index in [1.165, 1.54) is 11.8 Å². The van der Waals surface area contributed by atoms with Crippen molar-refractivity contribution in [2.45, 2.75) is 30.1 Å². The van der Waals surface area contributed by atoms with Crippen molar-refractivity contribution in [3.05, 3.63) is 75.8 Å². The van der Waals surface area contributed by atoms with Crippen molar-refractivity contribution < 1.29 is 4.79 Å². The van der Waals surface area contributed by atoms with Crippen LogP contribution in [0.25, 0.3) is 10.7 Å². The van der Waals surface area contributed by atoms with E-state index in [0.717, 1.165) is 39.1 Å². The molecule has 1 aliphatic rings. The third-order valence-corrected chi connectivity index (χ3v) is 7.66. The number of carbonyl (C=O) groups excluding carboxylic acids is 1. The Kier molecular flexibility index (Phi) is 5.70. The van der Waals surface area contributed by atoms with Crippen LogP contribution in [-0.2, 0) is 4.79 Å². The van der Waals surface area contributed by atoms with Gasteiger partial charge in [-0.2, -0.15) is 0 Å². The minimum Gasteiger partial charge on any atom is -0.344 e. The molecule has 4 aromatic rings. The molecular formula is C22H20N4OS3. The second-order valence-corrected chi connectivity index (χ2v) is 9.97. The van der Waals surface area contributed by atoms with E-state index in [0.29, 0.717) is 11.8 Å². The van der Waals surface area contributed by atoms with E-state index < -0.39 is 0 Å². The molecular weight excluding hydrogens is 432 g/mol. The first-order valence-corrected chi connectivity index (χ1v) is 12.5. The number of nitrogens with zero attached hydrogens (tertiary/aromatic N) is 3. The Labute approximate surface area is 187 Å². The molecule has 0 saturated heterocycles. The van der Waals surface area contributed by atoms with E-state index in [4.69, 9.17) is 0 Å². The summed E-state index contributed by atoms with van der Waals surface area (Å²) < 4.78 is 2.21. The van der Waals surface area contributed by atoms with Crippen molar-refractivity contribution in [1.29, 1.82) is 0 Å². The largest absolute Gasteiger partial charge is 0.344 e. The molecule has 152 valence electrons. The Bertz CT molecular complexity index is 1100. The quantitative estimate of drug-likeness (QED) is 0.364. The number of carbonyl (C=O) groups is 1. The summed E-state index contributed by atoms with van der Waals surface area (Å²) in [5, 5.41) is 16.9. The Balaban J connectivity index is 1.30. The average molecular weight is 453 g/mol. The second kappa shape index (κ2) is 8.75. The molecule has 30 heavy (non-hydrogen) atoms. The molecule has 1 amide bonds. The maximum absolute atomic E-state index is 12.8. The molecule has 0 spiro atoms. The summed E-state index contributed by atoms with van der Waals surface area (Å²) >= 11 is 4.78. The fraction of sp³-hybridized carbons (Fsp3) is 0.227. The predicted octanol–water partition coefficient (Wildman–Crippen LogP) is 5.40. The van der Waals surface area contributed by atoms with E-state index in [-0.39, 0.29) is 11.9 Å². The van der Waals surface area contributed by atoms with E-state index in [2.05, 4.69) is 49.7 Å². The fourth-order valence-corrected chi connectivity index (χ4v) is 5.69. The number of thiophene rings is 2. The third-order valence-electron chi connectivity index (χ3n) is 4.92. The molecule has 1 aliphatic carbocycles. The van der Waals surface area contributed by atoms with Gasteiger partial charge in [0.1, 0.15) is 0 Å². The van der Waals surface area contributed by atoms with Crippen molar-refractivity contribution in [3.63, 3.8) is 0 Å². The summed E-state index contributed by atoms with van der Waals surface area (Å²) in [7, 11) is 0. The molecule has 1 saturated carbocycles. The monoisotopic (exact) mass is 452 g/mol. The van der Waals surface area contributed by atoms with Gasteiger partial charge in [-0.1, -0.05) is 54.2 Å². The molecule has 0 radical (unpaired) electrons. The zero-order chi connectivity index (χ0) is 20.3. The van der Waals surface area contributed by atoms with Gasteiger partial charge >= 0.3 is 0 Å². The molecule has 5 nitrogen and oxygen atoms in total. The molecule has 8 heteroatoms. The third kappa shape index (κ3) is 4.21. The Morgan fingerprint density at radius 2 is 1.87 bits per heavy atom. The van der Waals surface area contributed by atoms with Crippen LogP contribution in [-0.4, -0.2) is 26.4 Å². The molecule has 0 bridgehead atoms. The number of benzene rings is 1. The average Bonchev–Trinajstić information content (AvgIpc) is 3.21. The maximum Gasteiger partial charge on any atom is 0.231 e. The Morgan fingerprint density at radius 1 is 1.07 bits per heavy atom. The number of nitrogens with one attached hydrogen (secondary N) is 1. The van der Waals surface area contributed by atoms with Gasteiger partial charge in [-0.05, 0) is 41.3 Å². The van der Waals surface area contributed by atoms with Gasteiger partial charge in [0.05, 0.1) is 16.7 Å². The zero-order valence-electron chi connectivity index (χ0n) is 16.1. The van der Waals surface area contributed by atoms with Gasteiger partial charge in [0.25, 0.3) is 0 Å². The fourth-order valence-electron chi connectivity index (χ4n) is 3.36. The van der Waals surface area contributed by atoms with Crippen LogP contribution in [0.1, 0.15) is 35.4 Å². The SMILES string of the molecule is O=C(CSc1nnc(-c2cccs2)n1C1CC1)N[C@@H](c1ccccc1)c1cccs1. The summed E-state index contributed by atoms with van der Waals surface area (Å²) in [6.45, 7) is 0. The zero-order valence-corrected chi connectivity index (χ0v) is 18.6. The van der Waals surface area contributed by atoms with Gasteiger partial charge in [0.2, 0.25) is 5.91 Å². The van der Waals surface area contributed by atoms with Gasteiger partial charge < -0.3 is 5.32 Å². The number of thioether (sulfide) groups is 1. The molecule has 1 N–H and O–H groups in total. The van der Waals surface area contributed by atoms with Crippen molar-refractivity contribution in [3.8, 4) is 10.7 Å². The summed E-state index contributed by atoms with van der Waals surface area (Å²) in [5.41, 5.74) is 1.08. The van der Waals surface area contributed by atoms with E-state index in [9.17, 15) is 4.79 Å². The molecule has 0 unspecified atom stereocenters. The lowest BCUT2D eigenvalue weighted by Crippen LogP contribution is -2.30. The number of rotatable bonds is 8. The van der Waals surface area contributed by atoms with E-state index in [1.807, 2.05) is 35.7 Å². The highest BCUT2D eigenvalue weighted by Crippen LogP contribution is 2.41. The second-order valence-electron chi connectivity index (χ2n) is 7.10. The number of aromatic nitrogens is 3. The van der Waals surface area contributed by atoms with Crippen LogP contribution in [0, 0.1) is 0 Å². The summed E-state index contributed by atoms with van der Waals surface area (Å²) in [6.07, 6.45) is 2.29. The molecule has 3 heterocycles. The van der Waals surface area contributed by atoms with Gasteiger partial charge in [-0.15, -0.1) is 32.9 Å². The van der Waals surface area contributed by atoms with Crippen LogP contribution in [0.3, 0.4) is 0 Å². The lowest BCUT2D eigenvalue weighted by Gasteiger charge is -2.18. The Hall–Kier alpha value is -2.42. The molecule has 5 rings (SSSR count). The van der Waals surface area contributed by atoms with Crippen LogP contribution in [0.15, 0.2) is 70.5 Å². The highest BCUT2D eigenvalue weighted by Gasteiger charge is 2.30. The normalized spacial score (nSPS) is 14.5. The number of hydrogen-bond acceptors (Lipinski definition) is 6. The number of hydrogen-bond donors (Lipinski definition) is 1. The van der Waals surface area contributed by atoms with Crippen molar-refractivity contribution in [2.75, 3.05) is 5.75 Å². The van der Waals surface area contributed by atoms with Crippen molar-refractivity contribution in [1.82, 2.24) is 20.1 Å². The summed E-state index contributed by atoms with van der Waals surface area (Å²) in [5.74, 6) is 1.21. The standard InChI is InChI=1S/C22H20N4OS3/c27-19(23-20(17-8-4-12-28-17)15-6-2-1-3-7-15)14-30-22-25-24-21(18-9-5-13-29-18)26(22)16-10-11-16/h1-9,12-13,16,20H,10-11,14H2,(H,23,27)/t20-/m0/s1. The first kappa shape index (κ1) is 19.5. The van der Waals surface area contributed by atoms with Crippen LogP contribution >= 0.6 is 34.4 Å². The lowest BCUT2D eigenvalue weighted by atomic mass is 10.1. The number of amides is 1. The van der Waals surface area contributed by atoms with Crippen LogP contribution < -0.4 is 5.32 Å². The summed E-state index contributed by atoms with van der Waals surface area (Å²) in [6, 6.07) is 18.6. The minimum atomic E-state index is -0.137. The Morgan fingerprint density at radius 3 is 2.57 bits per heavy atom. The highest BCUT2D eigenvalue weighted by atomic mass is 32.2. The molecule has 0 aliphatic heterocycles. The predicted molar refractivity (Wildman–Crippen MR) is 123 cm³/mol. The van der Waals surface area contributed by atoms with Gasteiger partial charge in [0.15, 0.2) is 11.0 Å². The van der Waals surface area contributed by atoms with E-state index >= 15 is 0 Å². The first-order chi connectivity index (χ1) is 14.8. The topological polar surface area (TPSA) is 59.8 Å². The molecule has 3 aromatic heterocycles. The summed E-state index contributed by atoms with van der Waals surface area (Å²) in [4.78, 5) is 15.1. The minimum absolute atomic E-state index is 0.00901. The highest BCUT2D eigenvalue weighted by molar-refractivity contribution is 7.99. The molecule has 1 atom stereocenters. The van der Waals surface area contributed by atoms with Crippen molar-refractivity contribution in [2.24, 2.45) is 0 Å². The molecule has 1 aromatic carbocycles. The van der Waals surface area contributed by atoms with Crippen LogP contribution in [0.2, 0.25) is 0 Å². The maximum atomic E-state index is 12.8. The van der Waals surface area contributed by atoms with Crippen LogP contribution in [0.5, 0.6) is 0 Å². The van der Waals surface area contributed by atoms with Crippen molar-refractivity contribution >= 4 is 40.3 Å².